The van der Waals surface area contributed by atoms with Crippen LogP contribution in [0.3, 0.4) is 0 Å². The molecule has 0 amide bonds. The Labute approximate surface area is 135 Å². The number of nitro benzene ring substituents is 1. The molecule has 3 rings (SSSR count). The van der Waals surface area contributed by atoms with Crippen molar-refractivity contribution in [2.24, 2.45) is 0 Å². The normalized spacial score (nSPS) is 11.5. The number of nitro groups is 1. The van der Waals surface area contributed by atoms with E-state index in [1.165, 1.54) is 12.1 Å². The van der Waals surface area contributed by atoms with Crippen LogP contribution in [0.25, 0.3) is 10.9 Å². The fourth-order valence-electron chi connectivity index (χ4n) is 2.01. The third kappa shape index (κ3) is 2.96. The first-order valence-electron chi connectivity index (χ1n) is 6.27. The zero-order valence-electron chi connectivity index (χ0n) is 11.4. The first-order valence-corrected chi connectivity index (χ1v) is 8.13. The average Bonchev–Trinajstić information content (AvgIpc) is 2.94. The van der Waals surface area contributed by atoms with Crippen molar-refractivity contribution >= 4 is 43.9 Å². The largest absolute Gasteiger partial charge is 0.289 e. The van der Waals surface area contributed by atoms with Crippen molar-refractivity contribution in [1.82, 2.24) is 10.2 Å². The summed E-state index contributed by atoms with van der Waals surface area (Å²) in [4.78, 5) is 9.88. The molecule has 118 valence electrons. The molecule has 0 radical (unpaired) electrons. The second kappa shape index (κ2) is 5.52. The van der Waals surface area contributed by atoms with Gasteiger partial charge in [-0.1, -0.05) is 11.6 Å². The summed E-state index contributed by atoms with van der Waals surface area (Å²) in [6.45, 7) is 0. The number of nitrogens with one attached hydrogen (secondary N) is 2. The number of aromatic nitrogens is 2. The van der Waals surface area contributed by atoms with E-state index in [1.54, 1.807) is 24.4 Å². The number of fused-ring (bicyclic) bond motifs is 1. The monoisotopic (exact) mass is 352 g/mol. The third-order valence-electron chi connectivity index (χ3n) is 3.12. The van der Waals surface area contributed by atoms with Crippen molar-refractivity contribution in [2.75, 3.05) is 4.72 Å². The Balaban J connectivity index is 1.98. The van der Waals surface area contributed by atoms with Crippen LogP contribution in [0.2, 0.25) is 5.02 Å². The molecule has 2 aromatic carbocycles. The molecule has 0 aliphatic rings. The summed E-state index contributed by atoms with van der Waals surface area (Å²) in [5, 5.41) is 18.1. The maximum atomic E-state index is 12.4. The van der Waals surface area contributed by atoms with Crippen LogP contribution in [0.1, 0.15) is 0 Å². The zero-order chi connectivity index (χ0) is 16.6. The second-order valence-corrected chi connectivity index (χ2v) is 6.74. The molecular formula is C13H9ClN4O4S. The van der Waals surface area contributed by atoms with Gasteiger partial charge in [0.25, 0.3) is 15.7 Å². The predicted molar refractivity (Wildman–Crippen MR) is 85.0 cm³/mol. The van der Waals surface area contributed by atoms with Gasteiger partial charge in [-0.2, -0.15) is 5.10 Å². The lowest BCUT2D eigenvalue weighted by atomic mass is 10.2. The number of sulfonamides is 1. The lowest BCUT2D eigenvalue weighted by Crippen LogP contribution is -2.13. The smallest absolute Gasteiger partial charge is 0.280 e. The molecule has 0 fully saturated rings. The highest BCUT2D eigenvalue weighted by molar-refractivity contribution is 7.92. The molecule has 23 heavy (non-hydrogen) atoms. The minimum absolute atomic E-state index is 0.132. The second-order valence-electron chi connectivity index (χ2n) is 4.65. The molecule has 0 saturated carbocycles. The van der Waals surface area contributed by atoms with Crippen molar-refractivity contribution < 1.29 is 13.3 Å². The Morgan fingerprint density at radius 1 is 1.22 bits per heavy atom. The van der Waals surface area contributed by atoms with Gasteiger partial charge in [0.1, 0.15) is 5.02 Å². The Bertz CT molecular complexity index is 1020. The van der Waals surface area contributed by atoms with E-state index in [9.17, 15) is 18.5 Å². The molecule has 8 nitrogen and oxygen atoms in total. The molecule has 10 heteroatoms. The van der Waals surface area contributed by atoms with Crippen molar-refractivity contribution in [2.45, 2.75) is 4.90 Å². The molecule has 2 N–H and O–H groups in total. The third-order valence-corrected chi connectivity index (χ3v) is 4.82. The standard InChI is InChI=1S/C13H9ClN4O4S/c14-11-4-3-10(6-13(11)18(19)20)23(21,22)17-9-2-1-8-7-15-16-12(8)5-9/h1-7,17H,(H,15,16). The van der Waals surface area contributed by atoms with Crippen molar-refractivity contribution in [3.63, 3.8) is 0 Å². The van der Waals surface area contributed by atoms with Crippen LogP contribution in [0, 0.1) is 10.1 Å². The summed E-state index contributed by atoms with van der Waals surface area (Å²) in [6.07, 6.45) is 1.61. The first kappa shape index (κ1) is 15.3. The predicted octanol–water partition coefficient (Wildman–Crippen LogP) is 2.93. The Morgan fingerprint density at radius 2 is 2.00 bits per heavy atom. The van der Waals surface area contributed by atoms with E-state index in [2.05, 4.69) is 14.9 Å². The van der Waals surface area contributed by atoms with Crippen LogP contribution in [-0.4, -0.2) is 23.5 Å². The molecule has 1 aromatic heterocycles. The minimum Gasteiger partial charge on any atom is -0.280 e. The van der Waals surface area contributed by atoms with E-state index in [1.807, 2.05) is 0 Å². The number of benzene rings is 2. The summed E-state index contributed by atoms with van der Waals surface area (Å²) in [6, 6.07) is 8.13. The van der Waals surface area contributed by atoms with Crippen LogP contribution >= 0.6 is 11.6 Å². The van der Waals surface area contributed by atoms with E-state index in [0.717, 1.165) is 11.5 Å². The number of halogens is 1. The van der Waals surface area contributed by atoms with E-state index >= 15 is 0 Å². The molecule has 0 atom stereocenters. The highest BCUT2D eigenvalue weighted by Crippen LogP contribution is 2.28. The minimum atomic E-state index is -3.99. The fraction of sp³-hybridized carbons (Fsp3) is 0. The van der Waals surface area contributed by atoms with Crippen molar-refractivity contribution in [3.8, 4) is 0 Å². The Hall–Kier alpha value is -2.65. The van der Waals surface area contributed by atoms with Gasteiger partial charge >= 0.3 is 0 Å². The molecule has 0 spiro atoms. The quantitative estimate of drug-likeness (QED) is 0.552. The van der Waals surface area contributed by atoms with E-state index in [4.69, 9.17) is 11.6 Å². The van der Waals surface area contributed by atoms with Gasteiger partial charge in [-0.3, -0.25) is 19.9 Å². The maximum absolute atomic E-state index is 12.4. The summed E-state index contributed by atoms with van der Waals surface area (Å²) >= 11 is 5.69. The number of aromatic amines is 1. The number of anilines is 1. The van der Waals surface area contributed by atoms with Crippen molar-refractivity contribution in [3.05, 3.63) is 57.7 Å². The first-order chi connectivity index (χ1) is 10.9. The van der Waals surface area contributed by atoms with Gasteiger partial charge < -0.3 is 0 Å². The Morgan fingerprint density at radius 3 is 2.74 bits per heavy atom. The van der Waals surface area contributed by atoms with Gasteiger partial charge in [-0.05, 0) is 30.3 Å². The number of nitrogens with zero attached hydrogens (tertiary/aromatic N) is 2. The van der Waals surface area contributed by atoms with Crippen molar-refractivity contribution in [1.29, 1.82) is 0 Å². The Kier molecular flexibility index (Phi) is 3.66. The van der Waals surface area contributed by atoms with Gasteiger partial charge in [0.15, 0.2) is 0 Å². The SMILES string of the molecule is O=[N+]([O-])c1cc(S(=O)(=O)Nc2ccc3cn[nH]c3c2)ccc1Cl. The van der Waals surface area contributed by atoms with E-state index in [-0.39, 0.29) is 9.92 Å². The lowest BCUT2D eigenvalue weighted by molar-refractivity contribution is -0.384. The molecule has 0 aliphatic heterocycles. The van der Waals surface area contributed by atoms with Crippen LogP contribution in [0.5, 0.6) is 0 Å². The molecule has 1 heterocycles. The highest BCUT2D eigenvalue weighted by Gasteiger charge is 2.20. The average molecular weight is 353 g/mol. The maximum Gasteiger partial charge on any atom is 0.289 e. The van der Waals surface area contributed by atoms with Gasteiger partial charge in [0, 0.05) is 11.5 Å². The van der Waals surface area contributed by atoms with E-state index in [0.29, 0.717) is 11.2 Å². The van der Waals surface area contributed by atoms with Gasteiger partial charge in [0.05, 0.1) is 27.2 Å². The molecule has 0 unspecified atom stereocenters. The number of hydrogen-bond donors (Lipinski definition) is 2. The number of rotatable bonds is 4. The summed E-state index contributed by atoms with van der Waals surface area (Å²) in [5.74, 6) is 0. The van der Waals surface area contributed by atoms with Gasteiger partial charge in [0.2, 0.25) is 0 Å². The highest BCUT2D eigenvalue weighted by atomic mass is 35.5. The van der Waals surface area contributed by atoms with Crippen LogP contribution in [0.4, 0.5) is 11.4 Å². The number of hydrogen-bond acceptors (Lipinski definition) is 5. The zero-order valence-corrected chi connectivity index (χ0v) is 12.9. The molecule has 3 aromatic rings. The molecule has 0 aliphatic carbocycles. The summed E-state index contributed by atoms with van der Waals surface area (Å²) in [7, 11) is -3.99. The molecular weight excluding hydrogens is 344 g/mol. The van der Waals surface area contributed by atoms with Crippen LogP contribution in [-0.2, 0) is 10.0 Å². The van der Waals surface area contributed by atoms with Crippen LogP contribution < -0.4 is 4.72 Å². The topological polar surface area (TPSA) is 118 Å². The number of H-pyrrole nitrogens is 1. The van der Waals surface area contributed by atoms with Crippen LogP contribution in [0.15, 0.2) is 47.5 Å². The van der Waals surface area contributed by atoms with Gasteiger partial charge in [-0.25, -0.2) is 8.42 Å². The molecule has 0 bridgehead atoms. The molecule has 0 saturated heterocycles. The lowest BCUT2D eigenvalue weighted by Gasteiger charge is -2.08. The summed E-state index contributed by atoms with van der Waals surface area (Å²) in [5.41, 5.74) is 0.491. The summed E-state index contributed by atoms with van der Waals surface area (Å²) < 4.78 is 27.1. The van der Waals surface area contributed by atoms with E-state index < -0.39 is 20.6 Å². The van der Waals surface area contributed by atoms with Gasteiger partial charge in [-0.15, -0.1) is 0 Å². The fourth-order valence-corrected chi connectivity index (χ4v) is 3.27.